The molecule has 0 atom stereocenters. The summed E-state index contributed by atoms with van der Waals surface area (Å²) >= 11 is 3.56. The number of halogens is 1. The molecule has 0 saturated heterocycles. The number of nitrogens with one attached hydrogen (secondary N) is 1. The summed E-state index contributed by atoms with van der Waals surface area (Å²) < 4.78 is 14.8. The normalized spacial score (nSPS) is 11.2. The zero-order valence-corrected chi connectivity index (χ0v) is 15.2. The van der Waals surface area contributed by atoms with E-state index in [1.807, 2.05) is 85.8 Å². The topological polar surface area (TPSA) is 29.1 Å². The highest BCUT2D eigenvalue weighted by atomic mass is 79.9. The maximum absolute atomic E-state index is 13.9. The van der Waals surface area contributed by atoms with Gasteiger partial charge in [-0.1, -0.05) is 42.5 Å². The fourth-order valence-electron chi connectivity index (χ4n) is 2.43. The lowest BCUT2D eigenvalue weighted by atomic mass is 10.2. The Kier molecular flexibility index (Phi) is 4.70. The zero-order chi connectivity index (χ0) is 16.3. The molecule has 116 valence electrons. The van der Waals surface area contributed by atoms with E-state index in [-0.39, 0.29) is 0 Å². The van der Waals surface area contributed by atoms with Gasteiger partial charge in [-0.3, -0.25) is 4.57 Å². The SMILES string of the molecule is Cc1ccc(NP(=O)(c2ccccc2)c2ccccc2)c(Br)c1. The van der Waals surface area contributed by atoms with Crippen molar-refractivity contribution in [2.24, 2.45) is 0 Å². The van der Waals surface area contributed by atoms with Crippen LogP contribution in [0.15, 0.2) is 83.3 Å². The molecule has 0 saturated carbocycles. The summed E-state index contributed by atoms with van der Waals surface area (Å²) in [5, 5.41) is 4.87. The first-order valence-electron chi connectivity index (χ1n) is 7.35. The third-order valence-electron chi connectivity index (χ3n) is 3.64. The summed E-state index contributed by atoms with van der Waals surface area (Å²) in [6.07, 6.45) is 0. The van der Waals surface area contributed by atoms with Crippen molar-refractivity contribution in [3.8, 4) is 0 Å². The van der Waals surface area contributed by atoms with Crippen LogP contribution in [0.3, 0.4) is 0 Å². The summed E-state index contributed by atoms with van der Waals surface area (Å²) in [5.74, 6) is 0. The summed E-state index contributed by atoms with van der Waals surface area (Å²) in [7, 11) is -2.97. The largest absolute Gasteiger partial charge is 0.328 e. The number of rotatable bonds is 4. The Morgan fingerprint density at radius 1 is 0.826 bits per heavy atom. The van der Waals surface area contributed by atoms with Gasteiger partial charge >= 0.3 is 0 Å². The molecule has 0 aliphatic carbocycles. The average Bonchev–Trinajstić information content (AvgIpc) is 2.59. The standard InChI is InChI=1S/C19H17BrNOP/c1-15-12-13-19(18(20)14-15)21-23(22,16-8-4-2-5-9-16)17-10-6-3-7-11-17/h2-14H,1H3,(H,21,22). The van der Waals surface area contributed by atoms with Crippen molar-refractivity contribution in [2.75, 3.05) is 5.09 Å². The van der Waals surface area contributed by atoms with E-state index in [4.69, 9.17) is 0 Å². The third-order valence-corrected chi connectivity index (χ3v) is 6.90. The van der Waals surface area contributed by atoms with Gasteiger partial charge in [0.25, 0.3) is 0 Å². The molecule has 3 rings (SSSR count). The molecule has 3 aromatic carbocycles. The van der Waals surface area contributed by atoms with Gasteiger partial charge < -0.3 is 5.09 Å². The molecule has 0 bridgehead atoms. The first kappa shape index (κ1) is 16.0. The lowest BCUT2D eigenvalue weighted by Crippen LogP contribution is -2.21. The van der Waals surface area contributed by atoms with Crippen molar-refractivity contribution in [1.29, 1.82) is 0 Å². The number of hydrogen-bond acceptors (Lipinski definition) is 1. The van der Waals surface area contributed by atoms with Crippen LogP contribution in [-0.2, 0) is 4.57 Å². The van der Waals surface area contributed by atoms with Gasteiger partial charge in [-0.2, -0.15) is 0 Å². The maximum Gasteiger partial charge on any atom is 0.227 e. The van der Waals surface area contributed by atoms with Gasteiger partial charge in [-0.05, 0) is 64.8 Å². The minimum atomic E-state index is -2.97. The minimum absolute atomic E-state index is 0.790. The Bertz CT molecular complexity index is 806. The quantitative estimate of drug-likeness (QED) is 0.633. The second-order valence-corrected chi connectivity index (χ2v) is 8.70. The van der Waals surface area contributed by atoms with Crippen LogP contribution in [0, 0.1) is 6.92 Å². The van der Waals surface area contributed by atoms with Crippen LogP contribution < -0.4 is 15.7 Å². The highest BCUT2D eigenvalue weighted by molar-refractivity contribution is 9.10. The van der Waals surface area contributed by atoms with E-state index < -0.39 is 7.29 Å². The molecule has 0 aliphatic heterocycles. The molecular weight excluding hydrogens is 369 g/mol. The first-order chi connectivity index (χ1) is 11.1. The molecule has 4 heteroatoms. The molecule has 0 unspecified atom stereocenters. The highest BCUT2D eigenvalue weighted by Gasteiger charge is 2.27. The van der Waals surface area contributed by atoms with Gasteiger partial charge in [0.1, 0.15) is 0 Å². The molecule has 1 N–H and O–H groups in total. The monoisotopic (exact) mass is 385 g/mol. The first-order valence-corrected chi connectivity index (χ1v) is 9.85. The van der Waals surface area contributed by atoms with Crippen LogP contribution in [0.25, 0.3) is 0 Å². The van der Waals surface area contributed by atoms with Crippen LogP contribution in [-0.4, -0.2) is 0 Å². The third kappa shape index (κ3) is 3.41. The Morgan fingerprint density at radius 3 is 1.83 bits per heavy atom. The van der Waals surface area contributed by atoms with Crippen LogP contribution in [0.1, 0.15) is 5.56 Å². The van der Waals surface area contributed by atoms with Gasteiger partial charge in [0.2, 0.25) is 7.29 Å². The fourth-order valence-corrected chi connectivity index (χ4v) is 5.45. The van der Waals surface area contributed by atoms with E-state index in [1.54, 1.807) is 0 Å². The summed E-state index contributed by atoms with van der Waals surface area (Å²) in [6, 6.07) is 25.1. The van der Waals surface area contributed by atoms with Crippen molar-refractivity contribution >= 4 is 39.5 Å². The van der Waals surface area contributed by atoms with Crippen molar-refractivity contribution in [1.82, 2.24) is 0 Å². The molecule has 0 amide bonds. The average molecular weight is 386 g/mol. The Balaban J connectivity index is 2.12. The molecule has 23 heavy (non-hydrogen) atoms. The number of anilines is 1. The minimum Gasteiger partial charge on any atom is -0.328 e. The van der Waals surface area contributed by atoms with E-state index in [9.17, 15) is 4.57 Å². The molecule has 0 fully saturated rings. The molecule has 3 aromatic rings. The Morgan fingerprint density at radius 2 is 1.35 bits per heavy atom. The molecule has 0 heterocycles. The predicted octanol–water partition coefficient (Wildman–Crippen LogP) is 5.10. The van der Waals surface area contributed by atoms with E-state index in [0.717, 1.165) is 26.3 Å². The zero-order valence-electron chi connectivity index (χ0n) is 12.7. The molecule has 0 aliphatic rings. The van der Waals surface area contributed by atoms with Gasteiger partial charge in [-0.15, -0.1) is 0 Å². The highest BCUT2D eigenvalue weighted by Crippen LogP contribution is 2.45. The van der Waals surface area contributed by atoms with E-state index in [2.05, 4.69) is 21.0 Å². The smallest absolute Gasteiger partial charge is 0.227 e. The number of hydrogen-bond donors (Lipinski definition) is 1. The molecule has 0 aromatic heterocycles. The summed E-state index contributed by atoms with van der Waals surface area (Å²) in [5.41, 5.74) is 1.98. The fraction of sp³-hybridized carbons (Fsp3) is 0.0526. The predicted molar refractivity (Wildman–Crippen MR) is 102 cm³/mol. The second-order valence-electron chi connectivity index (χ2n) is 5.38. The van der Waals surface area contributed by atoms with Gasteiger partial charge in [0.15, 0.2) is 0 Å². The molecule has 0 radical (unpaired) electrons. The van der Waals surface area contributed by atoms with Crippen LogP contribution in [0.4, 0.5) is 5.69 Å². The van der Waals surface area contributed by atoms with Crippen LogP contribution >= 0.6 is 23.2 Å². The van der Waals surface area contributed by atoms with Crippen molar-refractivity contribution in [3.63, 3.8) is 0 Å². The molecule has 0 spiro atoms. The van der Waals surface area contributed by atoms with Crippen molar-refractivity contribution < 1.29 is 4.57 Å². The van der Waals surface area contributed by atoms with Gasteiger partial charge in [0, 0.05) is 15.1 Å². The summed E-state index contributed by atoms with van der Waals surface area (Å²) in [6.45, 7) is 2.03. The molecular formula is C19H17BrNOP. The maximum atomic E-state index is 13.9. The van der Waals surface area contributed by atoms with E-state index in [0.29, 0.717) is 0 Å². The van der Waals surface area contributed by atoms with E-state index >= 15 is 0 Å². The van der Waals surface area contributed by atoms with Gasteiger partial charge in [-0.25, -0.2) is 0 Å². The van der Waals surface area contributed by atoms with Gasteiger partial charge in [0.05, 0.1) is 5.69 Å². The molecule has 2 nitrogen and oxygen atoms in total. The van der Waals surface area contributed by atoms with E-state index in [1.165, 1.54) is 0 Å². The van der Waals surface area contributed by atoms with Crippen molar-refractivity contribution in [3.05, 3.63) is 88.9 Å². The second kappa shape index (κ2) is 6.74. The lowest BCUT2D eigenvalue weighted by molar-refractivity contribution is 0.590. The number of aryl methyl sites for hydroxylation is 1. The van der Waals surface area contributed by atoms with Crippen LogP contribution in [0.2, 0.25) is 0 Å². The van der Waals surface area contributed by atoms with Crippen molar-refractivity contribution in [2.45, 2.75) is 6.92 Å². The number of benzene rings is 3. The lowest BCUT2D eigenvalue weighted by Gasteiger charge is -2.22. The summed E-state index contributed by atoms with van der Waals surface area (Å²) in [4.78, 5) is 0. The Labute approximate surface area is 145 Å². The Hall–Kier alpha value is -1.83. The van der Waals surface area contributed by atoms with Crippen LogP contribution in [0.5, 0.6) is 0 Å².